The number of hydrogen-bond donors (Lipinski definition) is 1. The van der Waals surface area contributed by atoms with Gasteiger partial charge in [-0.05, 0) is 23.8 Å². The Kier molecular flexibility index (Phi) is 7.25. The van der Waals surface area contributed by atoms with Crippen LogP contribution in [0.1, 0.15) is 11.1 Å². The van der Waals surface area contributed by atoms with E-state index in [4.69, 9.17) is 11.6 Å². The van der Waals surface area contributed by atoms with Gasteiger partial charge in [-0.1, -0.05) is 41.9 Å². The van der Waals surface area contributed by atoms with E-state index in [9.17, 15) is 26.4 Å². The van der Waals surface area contributed by atoms with Crippen molar-refractivity contribution in [2.45, 2.75) is 11.9 Å². The summed E-state index contributed by atoms with van der Waals surface area (Å²) in [6.45, 7) is 1.10. The lowest BCUT2D eigenvalue weighted by molar-refractivity contribution is -0.137. The Morgan fingerprint density at radius 2 is 1.68 bits per heavy atom. The van der Waals surface area contributed by atoms with Crippen molar-refractivity contribution in [2.75, 3.05) is 38.0 Å². The number of hydrogen-bond acceptors (Lipinski definition) is 4. The summed E-state index contributed by atoms with van der Waals surface area (Å²) >= 11 is 5.58. The zero-order valence-electron chi connectivity index (χ0n) is 16.4. The van der Waals surface area contributed by atoms with Crippen LogP contribution in [0.5, 0.6) is 0 Å². The molecule has 1 saturated heterocycles. The fourth-order valence-electron chi connectivity index (χ4n) is 3.27. The van der Waals surface area contributed by atoms with E-state index in [0.29, 0.717) is 18.7 Å². The molecule has 0 bridgehead atoms. The Morgan fingerprint density at radius 1 is 1.03 bits per heavy atom. The highest BCUT2D eigenvalue weighted by atomic mass is 35.5. The number of carbonyl (C=O) groups excluding carboxylic acids is 1. The van der Waals surface area contributed by atoms with Crippen molar-refractivity contribution in [1.82, 2.24) is 9.21 Å². The normalized spacial score (nSPS) is 16.3. The first-order valence-electron chi connectivity index (χ1n) is 9.45. The monoisotopic (exact) mass is 475 g/mol. The minimum Gasteiger partial charge on any atom is -0.325 e. The molecule has 11 heteroatoms. The van der Waals surface area contributed by atoms with Crippen molar-refractivity contribution in [2.24, 2.45) is 0 Å². The minimum absolute atomic E-state index is 0.00852. The predicted octanol–water partition coefficient (Wildman–Crippen LogP) is 3.44. The molecule has 1 aliphatic heterocycles. The molecule has 1 amide bonds. The van der Waals surface area contributed by atoms with Gasteiger partial charge in [0.25, 0.3) is 0 Å². The van der Waals surface area contributed by atoms with E-state index >= 15 is 0 Å². The largest absolute Gasteiger partial charge is 0.417 e. The molecule has 0 unspecified atom stereocenters. The average Bonchev–Trinajstić information content (AvgIpc) is 2.69. The van der Waals surface area contributed by atoms with Crippen LogP contribution in [0.15, 0.2) is 48.5 Å². The van der Waals surface area contributed by atoms with Gasteiger partial charge in [-0.15, -0.1) is 0 Å². The number of anilines is 1. The number of piperazine rings is 1. The molecule has 1 heterocycles. The molecule has 0 aliphatic carbocycles. The Balaban J connectivity index is 1.52. The molecular weight excluding hydrogens is 455 g/mol. The summed E-state index contributed by atoms with van der Waals surface area (Å²) in [4.78, 5) is 14.0. The number of alkyl halides is 3. The molecule has 0 aromatic heterocycles. The third kappa shape index (κ3) is 6.42. The smallest absolute Gasteiger partial charge is 0.325 e. The number of nitrogens with one attached hydrogen (secondary N) is 1. The molecule has 6 nitrogen and oxygen atoms in total. The molecule has 0 radical (unpaired) electrons. The fourth-order valence-corrected chi connectivity index (χ4v) is 5.01. The highest BCUT2D eigenvalue weighted by Crippen LogP contribution is 2.36. The molecule has 2 aromatic rings. The van der Waals surface area contributed by atoms with Crippen LogP contribution in [0.4, 0.5) is 18.9 Å². The fraction of sp³-hybridized carbons (Fsp3) is 0.350. The van der Waals surface area contributed by atoms with E-state index in [1.807, 2.05) is 6.07 Å². The number of amides is 1. The Labute approximate surface area is 183 Å². The van der Waals surface area contributed by atoms with Crippen LogP contribution in [0, 0.1) is 0 Å². The first-order chi connectivity index (χ1) is 14.5. The Bertz CT molecular complexity index is 1020. The van der Waals surface area contributed by atoms with Crippen LogP contribution >= 0.6 is 11.6 Å². The van der Waals surface area contributed by atoms with Crippen molar-refractivity contribution >= 4 is 33.2 Å². The van der Waals surface area contributed by atoms with Gasteiger partial charge in [-0.25, -0.2) is 8.42 Å². The topological polar surface area (TPSA) is 69.7 Å². The van der Waals surface area contributed by atoms with E-state index in [2.05, 4.69) is 5.32 Å². The number of halogens is 4. The maximum atomic E-state index is 13.0. The van der Waals surface area contributed by atoms with Gasteiger partial charge >= 0.3 is 6.18 Å². The molecule has 1 N–H and O–H groups in total. The average molecular weight is 476 g/mol. The van der Waals surface area contributed by atoms with Gasteiger partial charge in [0.05, 0.1) is 22.9 Å². The molecule has 0 saturated carbocycles. The van der Waals surface area contributed by atoms with E-state index in [0.717, 1.165) is 12.1 Å². The van der Waals surface area contributed by atoms with Crippen LogP contribution in [0.3, 0.4) is 0 Å². The van der Waals surface area contributed by atoms with Gasteiger partial charge in [-0.2, -0.15) is 17.5 Å². The molecule has 2 aromatic carbocycles. The van der Waals surface area contributed by atoms with Gasteiger partial charge in [0.15, 0.2) is 0 Å². The quantitative estimate of drug-likeness (QED) is 0.695. The number of benzene rings is 2. The van der Waals surface area contributed by atoms with Crippen molar-refractivity contribution in [3.8, 4) is 0 Å². The zero-order chi connectivity index (χ0) is 22.6. The lowest BCUT2D eigenvalue weighted by atomic mass is 10.2. The molecule has 1 aliphatic rings. The molecule has 0 atom stereocenters. The maximum Gasteiger partial charge on any atom is 0.417 e. The Hall–Kier alpha value is -2.14. The summed E-state index contributed by atoms with van der Waals surface area (Å²) < 4.78 is 65.4. The van der Waals surface area contributed by atoms with Crippen LogP contribution < -0.4 is 5.32 Å². The second kappa shape index (κ2) is 9.56. The highest BCUT2D eigenvalue weighted by Gasteiger charge is 2.33. The summed E-state index contributed by atoms with van der Waals surface area (Å²) in [6.07, 6.45) is -4.63. The van der Waals surface area contributed by atoms with Gasteiger partial charge < -0.3 is 5.32 Å². The number of nitrogens with zero attached hydrogens (tertiary/aromatic N) is 2. The third-order valence-corrected chi connectivity index (χ3v) is 7.02. The highest BCUT2D eigenvalue weighted by molar-refractivity contribution is 7.88. The SMILES string of the molecule is O=C(CN1CCN(S(=O)(=O)Cc2ccccc2)CC1)Nc1ccc(Cl)c(C(F)(F)F)c1. The van der Waals surface area contributed by atoms with Crippen LogP contribution in [-0.4, -0.2) is 56.3 Å². The Morgan fingerprint density at radius 3 is 2.29 bits per heavy atom. The van der Waals surface area contributed by atoms with E-state index in [1.165, 1.54) is 10.4 Å². The number of sulfonamides is 1. The third-order valence-electron chi connectivity index (χ3n) is 4.84. The second-order valence-corrected chi connectivity index (χ2v) is 9.53. The van der Waals surface area contributed by atoms with Gasteiger partial charge in [0, 0.05) is 31.9 Å². The predicted molar refractivity (Wildman–Crippen MR) is 112 cm³/mol. The van der Waals surface area contributed by atoms with Crippen molar-refractivity contribution in [1.29, 1.82) is 0 Å². The molecule has 0 spiro atoms. The van der Waals surface area contributed by atoms with Crippen molar-refractivity contribution in [3.05, 3.63) is 64.7 Å². The summed E-state index contributed by atoms with van der Waals surface area (Å²) in [5.41, 5.74) is -0.333. The molecule has 1 fully saturated rings. The van der Waals surface area contributed by atoms with Gasteiger partial charge in [0.2, 0.25) is 15.9 Å². The summed E-state index contributed by atoms with van der Waals surface area (Å²) in [7, 11) is -3.47. The minimum atomic E-state index is -4.63. The van der Waals surface area contributed by atoms with E-state index < -0.39 is 32.7 Å². The van der Waals surface area contributed by atoms with Crippen molar-refractivity contribution in [3.63, 3.8) is 0 Å². The zero-order valence-corrected chi connectivity index (χ0v) is 18.0. The van der Waals surface area contributed by atoms with Crippen LogP contribution in [-0.2, 0) is 26.7 Å². The number of carbonyl (C=O) groups is 1. The lowest BCUT2D eigenvalue weighted by Gasteiger charge is -2.33. The maximum absolute atomic E-state index is 13.0. The first kappa shape index (κ1) is 23.5. The van der Waals surface area contributed by atoms with Gasteiger partial charge in [0.1, 0.15) is 0 Å². The number of rotatable bonds is 6. The second-order valence-electron chi connectivity index (χ2n) is 7.16. The summed E-state index contributed by atoms with van der Waals surface area (Å²) in [5, 5.41) is 1.99. The molecule has 168 valence electrons. The summed E-state index contributed by atoms with van der Waals surface area (Å²) in [6, 6.07) is 12.0. The van der Waals surface area contributed by atoms with E-state index in [1.54, 1.807) is 29.2 Å². The van der Waals surface area contributed by atoms with Gasteiger partial charge in [-0.3, -0.25) is 9.69 Å². The molecular formula is C20H21ClF3N3O3S. The van der Waals surface area contributed by atoms with Crippen molar-refractivity contribution < 1.29 is 26.4 Å². The molecule has 3 rings (SSSR count). The molecule has 31 heavy (non-hydrogen) atoms. The summed E-state index contributed by atoms with van der Waals surface area (Å²) in [5.74, 6) is -0.581. The lowest BCUT2D eigenvalue weighted by Crippen LogP contribution is -2.50. The van der Waals surface area contributed by atoms with Crippen LogP contribution in [0.2, 0.25) is 5.02 Å². The standard InChI is InChI=1S/C20H21ClF3N3O3S/c21-18-7-6-16(12-17(18)20(22,23)24)25-19(28)13-26-8-10-27(11-9-26)31(29,30)14-15-4-2-1-3-5-15/h1-7,12H,8-11,13-14H2,(H,25,28). The van der Waals surface area contributed by atoms with Crippen LogP contribution in [0.25, 0.3) is 0 Å². The first-order valence-corrected chi connectivity index (χ1v) is 11.4. The van der Waals surface area contributed by atoms with E-state index in [-0.39, 0.29) is 31.1 Å².